The summed E-state index contributed by atoms with van der Waals surface area (Å²) in [5.41, 5.74) is 1.19. The first-order chi connectivity index (χ1) is 11.0. The molecule has 2 amide bonds. The topological polar surface area (TPSA) is 49.9 Å². The molecule has 124 valence electrons. The Kier molecular flexibility index (Phi) is 4.60. The Labute approximate surface area is 141 Å². The lowest BCUT2D eigenvalue weighted by Crippen LogP contribution is -2.50. The number of nitrogens with zero attached hydrogens (tertiary/aromatic N) is 2. The zero-order chi connectivity index (χ0) is 16.6. The molecular formula is C17H21ClN2O3. The van der Waals surface area contributed by atoms with Crippen LogP contribution in [0.5, 0.6) is 0 Å². The molecule has 0 radical (unpaired) electrons. The Morgan fingerprint density at radius 3 is 2.83 bits per heavy atom. The van der Waals surface area contributed by atoms with E-state index in [2.05, 4.69) is 0 Å². The summed E-state index contributed by atoms with van der Waals surface area (Å²) in [6, 6.07) is 5.24. The summed E-state index contributed by atoms with van der Waals surface area (Å²) in [6.07, 6.45) is 1.42. The van der Waals surface area contributed by atoms with E-state index < -0.39 is 0 Å². The van der Waals surface area contributed by atoms with Crippen molar-refractivity contribution in [1.29, 1.82) is 0 Å². The fourth-order valence-corrected chi connectivity index (χ4v) is 3.31. The Morgan fingerprint density at radius 2 is 2.13 bits per heavy atom. The van der Waals surface area contributed by atoms with Crippen molar-refractivity contribution < 1.29 is 14.3 Å². The summed E-state index contributed by atoms with van der Waals surface area (Å²) >= 11 is 6.26. The third-order valence-electron chi connectivity index (χ3n) is 4.43. The number of amides is 2. The van der Waals surface area contributed by atoms with E-state index in [4.69, 9.17) is 16.3 Å². The van der Waals surface area contributed by atoms with Crippen molar-refractivity contribution in [3.63, 3.8) is 0 Å². The molecule has 0 aromatic heterocycles. The maximum absolute atomic E-state index is 12.9. The monoisotopic (exact) mass is 336 g/mol. The van der Waals surface area contributed by atoms with Gasteiger partial charge >= 0.3 is 0 Å². The van der Waals surface area contributed by atoms with E-state index in [1.54, 1.807) is 28.0 Å². The number of morpholine rings is 1. The highest BCUT2D eigenvalue weighted by molar-refractivity contribution is 6.34. The van der Waals surface area contributed by atoms with Gasteiger partial charge in [-0.3, -0.25) is 9.59 Å². The second-order valence-corrected chi connectivity index (χ2v) is 6.67. The molecule has 2 fully saturated rings. The van der Waals surface area contributed by atoms with Crippen LogP contribution in [-0.4, -0.2) is 48.6 Å². The minimum Gasteiger partial charge on any atom is -0.375 e. The van der Waals surface area contributed by atoms with E-state index in [0.29, 0.717) is 36.7 Å². The van der Waals surface area contributed by atoms with E-state index in [1.807, 2.05) is 13.8 Å². The van der Waals surface area contributed by atoms with E-state index in [-0.39, 0.29) is 24.0 Å². The molecule has 0 N–H and O–H groups in total. The minimum absolute atomic E-state index is 0.00633. The van der Waals surface area contributed by atoms with Gasteiger partial charge in [-0.25, -0.2) is 0 Å². The average Bonchev–Trinajstić information content (AvgIpc) is 2.96. The second-order valence-electron chi connectivity index (χ2n) is 6.26. The number of anilines is 1. The highest BCUT2D eigenvalue weighted by Crippen LogP contribution is 2.28. The molecule has 5 nitrogen and oxygen atoms in total. The van der Waals surface area contributed by atoms with Gasteiger partial charge in [0.2, 0.25) is 5.91 Å². The number of benzene rings is 1. The van der Waals surface area contributed by atoms with Gasteiger partial charge in [-0.1, -0.05) is 11.6 Å². The zero-order valence-electron chi connectivity index (χ0n) is 13.4. The van der Waals surface area contributed by atoms with Gasteiger partial charge in [0.15, 0.2) is 0 Å². The molecule has 3 rings (SSSR count). The third-order valence-corrected chi connectivity index (χ3v) is 4.76. The van der Waals surface area contributed by atoms with Crippen LogP contribution in [0.2, 0.25) is 5.02 Å². The van der Waals surface area contributed by atoms with E-state index in [0.717, 1.165) is 12.1 Å². The van der Waals surface area contributed by atoms with Crippen LogP contribution >= 0.6 is 11.6 Å². The summed E-state index contributed by atoms with van der Waals surface area (Å²) in [5.74, 6) is -0.00905. The Bertz CT molecular complexity index is 634. The van der Waals surface area contributed by atoms with Crippen LogP contribution in [0.25, 0.3) is 0 Å². The normalized spacial score (nSPS) is 25.1. The Balaban J connectivity index is 1.89. The van der Waals surface area contributed by atoms with Crippen LogP contribution in [-0.2, 0) is 9.53 Å². The molecular weight excluding hydrogens is 316 g/mol. The van der Waals surface area contributed by atoms with Crippen molar-refractivity contribution in [3.8, 4) is 0 Å². The van der Waals surface area contributed by atoms with Crippen molar-refractivity contribution in [2.24, 2.45) is 0 Å². The predicted octanol–water partition coefficient (Wildman–Crippen LogP) is 2.72. The van der Waals surface area contributed by atoms with Crippen molar-refractivity contribution in [3.05, 3.63) is 28.8 Å². The van der Waals surface area contributed by atoms with E-state index >= 15 is 0 Å². The lowest BCUT2D eigenvalue weighted by Gasteiger charge is -2.37. The van der Waals surface area contributed by atoms with Gasteiger partial charge in [0.25, 0.3) is 5.91 Å². The molecule has 0 spiro atoms. The first-order valence-corrected chi connectivity index (χ1v) is 8.37. The molecule has 1 aromatic rings. The third kappa shape index (κ3) is 3.21. The number of rotatable bonds is 2. The van der Waals surface area contributed by atoms with Gasteiger partial charge in [0, 0.05) is 25.2 Å². The van der Waals surface area contributed by atoms with Gasteiger partial charge in [-0.15, -0.1) is 0 Å². The van der Waals surface area contributed by atoms with Crippen LogP contribution in [0.15, 0.2) is 18.2 Å². The first kappa shape index (κ1) is 16.3. The van der Waals surface area contributed by atoms with Gasteiger partial charge in [-0.05, 0) is 38.5 Å². The SMILES string of the molecule is CC1CN(C(=O)c2cc(N3CCCC3=O)ccc2Cl)C(C)CO1. The molecule has 6 heteroatoms. The molecule has 2 aliphatic rings. The second kappa shape index (κ2) is 6.49. The summed E-state index contributed by atoms with van der Waals surface area (Å²) in [5, 5.41) is 0.414. The van der Waals surface area contributed by atoms with Gasteiger partial charge in [-0.2, -0.15) is 0 Å². The maximum atomic E-state index is 12.9. The Hall–Kier alpha value is -1.59. The quantitative estimate of drug-likeness (QED) is 0.834. The van der Waals surface area contributed by atoms with E-state index in [1.165, 1.54) is 0 Å². The maximum Gasteiger partial charge on any atom is 0.255 e. The molecule has 2 saturated heterocycles. The van der Waals surface area contributed by atoms with E-state index in [9.17, 15) is 9.59 Å². The van der Waals surface area contributed by atoms with Crippen LogP contribution in [0.4, 0.5) is 5.69 Å². The highest BCUT2D eigenvalue weighted by atomic mass is 35.5. The summed E-state index contributed by atoms with van der Waals surface area (Å²) in [6.45, 7) is 5.68. The van der Waals surface area contributed by atoms with Crippen molar-refractivity contribution >= 4 is 29.1 Å². The van der Waals surface area contributed by atoms with Crippen molar-refractivity contribution in [2.45, 2.75) is 38.8 Å². The smallest absolute Gasteiger partial charge is 0.255 e. The minimum atomic E-state index is -0.105. The van der Waals surface area contributed by atoms with Crippen molar-refractivity contribution in [2.75, 3.05) is 24.6 Å². The number of hydrogen-bond donors (Lipinski definition) is 0. The van der Waals surface area contributed by atoms with Gasteiger partial charge < -0.3 is 14.5 Å². The number of halogens is 1. The fourth-order valence-electron chi connectivity index (χ4n) is 3.11. The summed E-state index contributed by atoms with van der Waals surface area (Å²) < 4.78 is 5.58. The number of carbonyl (C=O) groups is 2. The lowest BCUT2D eigenvalue weighted by molar-refractivity contribution is -0.117. The first-order valence-electron chi connectivity index (χ1n) is 8.00. The number of carbonyl (C=O) groups excluding carboxylic acids is 2. The Morgan fingerprint density at radius 1 is 1.35 bits per heavy atom. The fraction of sp³-hybridized carbons (Fsp3) is 0.529. The van der Waals surface area contributed by atoms with Crippen LogP contribution in [0.3, 0.4) is 0 Å². The lowest BCUT2D eigenvalue weighted by atomic mass is 10.1. The number of hydrogen-bond acceptors (Lipinski definition) is 3. The molecule has 0 saturated carbocycles. The average molecular weight is 337 g/mol. The van der Waals surface area contributed by atoms with Crippen LogP contribution in [0, 0.1) is 0 Å². The molecule has 1 aromatic carbocycles. The molecule has 0 aliphatic carbocycles. The molecule has 2 aliphatic heterocycles. The molecule has 2 unspecified atom stereocenters. The van der Waals surface area contributed by atoms with Gasteiger partial charge in [0.05, 0.1) is 29.3 Å². The molecule has 2 atom stereocenters. The van der Waals surface area contributed by atoms with Gasteiger partial charge in [0.1, 0.15) is 0 Å². The van der Waals surface area contributed by atoms with Crippen LogP contribution in [0.1, 0.15) is 37.0 Å². The highest BCUT2D eigenvalue weighted by Gasteiger charge is 2.30. The standard InChI is InChI=1S/C17H21ClN2O3/c1-11-10-23-12(2)9-20(11)17(22)14-8-13(5-6-15(14)18)19-7-3-4-16(19)21/h5-6,8,11-12H,3-4,7,9-10H2,1-2H3. The molecule has 0 bridgehead atoms. The predicted molar refractivity (Wildman–Crippen MR) is 89.0 cm³/mol. The summed E-state index contributed by atoms with van der Waals surface area (Å²) in [7, 11) is 0. The zero-order valence-corrected chi connectivity index (χ0v) is 14.2. The molecule has 2 heterocycles. The summed E-state index contributed by atoms with van der Waals surface area (Å²) in [4.78, 5) is 28.3. The molecule has 23 heavy (non-hydrogen) atoms. The number of ether oxygens (including phenoxy) is 1. The van der Waals surface area contributed by atoms with Crippen LogP contribution < -0.4 is 4.90 Å². The largest absolute Gasteiger partial charge is 0.375 e. The van der Waals surface area contributed by atoms with Crippen molar-refractivity contribution in [1.82, 2.24) is 4.90 Å².